The van der Waals surface area contributed by atoms with Crippen molar-refractivity contribution in [3.63, 3.8) is 0 Å². The van der Waals surface area contributed by atoms with Crippen LogP contribution in [0.5, 0.6) is 0 Å². The first kappa shape index (κ1) is 2.22. The third kappa shape index (κ3) is 1.72. The van der Waals surface area contributed by atoms with Crippen LogP contribution in [0.1, 0.15) is 28.5 Å². The molecule has 0 amide bonds. The van der Waals surface area contributed by atoms with Crippen LogP contribution in [0, 0.1) is 0 Å². The molecule has 0 bridgehead atoms. The standard InChI is InChI=1S/C8H11NO/c1-2-4-7-5-3-6-8(10)9-7/h3,5-6H,2,4H2,1H3,(H,9,10)/i1D3,2D2,4D2. The van der Waals surface area contributed by atoms with Gasteiger partial charge >= 0.3 is 0 Å². The minimum absolute atomic E-state index is 0.397. The highest BCUT2D eigenvalue weighted by Crippen LogP contribution is 1.93. The Morgan fingerprint density at radius 3 is 3.40 bits per heavy atom. The van der Waals surface area contributed by atoms with E-state index in [4.69, 9.17) is 9.60 Å². The first-order valence-electron chi connectivity index (χ1n) is 6.20. The monoisotopic (exact) mass is 144 g/mol. The molecular weight excluding hydrogens is 126 g/mol. The number of rotatable bonds is 2. The minimum Gasteiger partial charge on any atom is -0.326 e. The maximum absolute atomic E-state index is 11.0. The summed E-state index contributed by atoms with van der Waals surface area (Å²) in [5.74, 6) is 0. The normalized spacial score (nSPS) is 24.2. The molecule has 1 N–H and O–H groups in total. The van der Waals surface area contributed by atoms with Gasteiger partial charge in [0.1, 0.15) is 0 Å². The van der Waals surface area contributed by atoms with Gasteiger partial charge in [0.05, 0.1) is 0 Å². The SMILES string of the molecule is [2H]C([2H])([2H])C([2H])([2H])C([2H])([2H])c1cccc(=O)[nH]1. The first-order valence-corrected chi connectivity index (χ1v) is 2.70. The van der Waals surface area contributed by atoms with Gasteiger partial charge in [-0.1, -0.05) is 19.3 Å². The fourth-order valence-electron chi connectivity index (χ4n) is 0.588. The highest BCUT2D eigenvalue weighted by atomic mass is 16.1. The maximum Gasteiger partial charge on any atom is 0.248 e. The molecule has 0 radical (unpaired) electrons. The van der Waals surface area contributed by atoms with E-state index in [1.807, 2.05) is 0 Å². The molecule has 1 rings (SSSR count). The molecule has 1 heterocycles. The van der Waals surface area contributed by atoms with E-state index in [0.29, 0.717) is 0 Å². The van der Waals surface area contributed by atoms with E-state index in [2.05, 4.69) is 4.98 Å². The Morgan fingerprint density at radius 1 is 1.80 bits per heavy atom. The lowest BCUT2D eigenvalue weighted by molar-refractivity contribution is 0.875. The second-order valence-corrected chi connectivity index (χ2v) is 1.68. The van der Waals surface area contributed by atoms with Crippen LogP contribution in [0.4, 0.5) is 0 Å². The minimum atomic E-state index is -3.14. The lowest BCUT2D eigenvalue weighted by atomic mass is 10.2. The number of nitrogens with one attached hydrogen (secondary N) is 1. The van der Waals surface area contributed by atoms with E-state index in [9.17, 15) is 4.79 Å². The summed E-state index contributed by atoms with van der Waals surface area (Å²) in [5, 5.41) is 0. The fraction of sp³-hybridized carbons (Fsp3) is 0.375. The molecule has 10 heavy (non-hydrogen) atoms. The predicted molar refractivity (Wildman–Crippen MR) is 41.1 cm³/mol. The van der Waals surface area contributed by atoms with Gasteiger partial charge in [-0.3, -0.25) is 4.79 Å². The van der Waals surface area contributed by atoms with Gasteiger partial charge in [-0.25, -0.2) is 0 Å². The van der Waals surface area contributed by atoms with Gasteiger partial charge in [0.15, 0.2) is 0 Å². The molecule has 0 spiro atoms. The molecule has 0 unspecified atom stereocenters. The summed E-state index contributed by atoms with van der Waals surface area (Å²) in [5.41, 5.74) is -1.01. The van der Waals surface area contributed by atoms with Crippen molar-refractivity contribution in [3.8, 4) is 0 Å². The number of hydrogen-bond acceptors (Lipinski definition) is 1. The summed E-state index contributed by atoms with van der Waals surface area (Å²) in [6.07, 6.45) is -5.93. The third-order valence-corrected chi connectivity index (χ3v) is 0.966. The summed E-state index contributed by atoms with van der Waals surface area (Å²) < 4.78 is 51.0. The van der Waals surface area contributed by atoms with Gasteiger partial charge in [-0.15, -0.1) is 0 Å². The van der Waals surface area contributed by atoms with Crippen molar-refractivity contribution in [2.75, 3.05) is 0 Å². The van der Waals surface area contributed by atoms with Gasteiger partial charge in [0, 0.05) is 21.4 Å². The zero-order chi connectivity index (χ0) is 13.5. The summed E-state index contributed by atoms with van der Waals surface area (Å²) in [6.45, 7) is -3.14. The molecule has 1 aromatic heterocycles. The molecule has 0 atom stereocenters. The van der Waals surface area contributed by atoms with Gasteiger partial charge in [-0.2, -0.15) is 0 Å². The van der Waals surface area contributed by atoms with E-state index in [0.717, 1.165) is 12.1 Å². The summed E-state index contributed by atoms with van der Waals surface area (Å²) in [6, 6.07) is 3.51. The number of hydrogen-bond donors (Lipinski definition) is 1. The number of aromatic amines is 1. The van der Waals surface area contributed by atoms with Crippen molar-refractivity contribution in [1.82, 2.24) is 4.98 Å². The summed E-state index contributed by atoms with van der Waals surface area (Å²) in [4.78, 5) is 13.1. The largest absolute Gasteiger partial charge is 0.326 e. The van der Waals surface area contributed by atoms with Gasteiger partial charge < -0.3 is 4.98 Å². The average molecular weight is 144 g/mol. The molecule has 0 fully saturated rings. The Labute approximate surface area is 69.7 Å². The molecular formula is C8H11NO. The Bertz CT molecular complexity index is 461. The van der Waals surface area contributed by atoms with Crippen LogP contribution in [0.3, 0.4) is 0 Å². The summed E-state index contributed by atoms with van der Waals surface area (Å²) >= 11 is 0. The highest BCUT2D eigenvalue weighted by Gasteiger charge is 1.88. The van der Waals surface area contributed by atoms with E-state index < -0.39 is 30.9 Å². The van der Waals surface area contributed by atoms with Gasteiger partial charge in [0.25, 0.3) is 0 Å². The quantitative estimate of drug-likeness (QED) is 0.667. The second kappa shape index (κ2) is 3.20. The van der Waals surface area contributed by atoms with Gasteiger partial charge in [0.2, 0.25) is 5.56 Å². The van der Waals surface area contributed by atoms with Crippen LogP contribution < -0.4 is 5.56 Å². The lowest BCUT2D eigenvalue weighted by Gasteiger charge is -1.94. The highest BCUT2D eigenvalue weighted by molar-refractivity contribution is 5.03. The Kier molecular flexibility index (Phi) is 0.712. The molecule has 1 aromatic rings. The van der Waals surface area contributed by atoms with Crippen LogP contribution in [-0.4, -0.2) is 4.98 Å². The Hall–Kier alpha value is -1.05. The smallest absolute Gasteiger partial charge is 0.248 e. The van der Waals surface area contributed by atoms with Crippen molar-refractivity contribution in [2.45, 2.75) is 19.6 Å². The van der Waals surface area contributed by atoms with Crippen LogP contribution in [0.25, 0.3) is 0 Å². The van der Waals surface area contributed by atoms with Crippen molar-refractivity contribution in [1.29, 1.82) is 0 Å². The Balaban J connectivity index is 3.33. The predicted octanol–water partition coefficient (Wildman–Crippen LogP) is 1.33. The first-order chi connectivity index (χ1) is 7.50. The van der Waals surface area contributed by atoms with Crippen molar-refractivity contribution < 1.29 is 9.60 Å². The third-order valence-electron chi connectivity index (χ3n) is 0.966. The number of aryl methyl sites for hydroxylation is 1. The molecule has 2 heteroatoms. The van der Waals surface area contributed by atoms with E-state index in [1.165, 1.54) is 6.07 Å². The molecule has 54 valence electrons. The van der Waals surface area contributed by atoms with E-state index >= 15 is 0 Å². The van der Waals surface area contributed by atoms with Crippen molar-refractivity contribution in [3.05, 3.63) is 34.2 Å². The van der Waals surface area contributed by atoms with Crippen molar-refractivity contribution >= 4 is 0 Å². The second-order valence-electron chi connectivity index (χ2n) is 1.68. The van der Waals surface area contributed by atoms with Crippen LogP contribution in [0.2, 0.25) is 0 Å². The zero-order valence-electron chi connectivity index (χ0n) is 12.1. The number of aromatic nitrogens is 1. The van der Waals surface area contributed by atoms with Gasteiger partial charge in [-0.05, 0) is 12.4 Å². The van der Waals surface area contributed by atoms with Crippen LogP contribution in [0.15, 0.2) is 23.0 Å². The molecule has 0 aromatic carbocycles. The lowest BCUT2D eigenvalue weighted by Crippen LogP contribution is -2.05. The Morgan fingerprint density at radius 2 is 2.70 bits per heavy atom. The van der Waals surface area contributed by atoms with Crippen LogP contribution >= 0.6 is 0 Å². The maximum atomic E-state index is 11.0. The number of pyridine rings is 1. The molecule has 0 aliphatic carbocycles. The van der Waals surface area contributed by atoms with E-state index in [1.54, 1.807) is 0 Å². The number of H-pyrrole nitrogens is 1. The molecule has 2 nitrogen and oxygen atoms in total. The van der Waals surface area contributed by atoms with Crippen molar-refractivity contribution in [2.24, 2.45) is 0 Å². The van der Waals surface area contributed by atoms with E-state index in [-0.39, 0.29) is 0 Å². The van der Waals surface area contributed by atoms with Crippen LogP contribution in [-0.2, 0) is 6.37 Å². The molecule has 0 saturated carbocycles. The topological polar surface area (TPSA) is 32.9 Å². The average Bonchev–Trinajstić information content (AvgIpc) is 2.15. The molecule has 0 saturated heterocycles. The fourth-order valence-corrected chi connectivity index (χ4v) is 0.588. The zero-order valence-corrected chi connectivity index (χ0v) is 5.14. The summed E-state index contributed by atoms with van der Waals surface area (Å²) in [7, 11) is 0. The molecule has 0 aliphatic rings. The molecule has 0 aliphatic heterocycles.